The van der Waals surface area contributed by atoms with Crippen molar-refractivity contribution < 1.29 is 17.6 Å². The van der Waals surface area contributed by atoms with E-state index in [-0.39, 0.29) is 34.2 Å². The zero-order valence-corrected chi connectivity index (χ0v) is 19.0. The monoisotopic (exact) mass is 490 g/mol. The number of primary sulfonamides is 1. The highest BCUT2D eigenvalue weighted by Crippen LogP contribution is 2.31. The van der Waals surface area contributed by atoms with Crippen molar-refractivity contribution in [1.29, 1.82) is 0 Å². The number of anilines is 1. The summed E-state index contributed by atoms with van der Waals surface area (Å²) in [5.41, 5.74) is 9.54. The third-order valence-corrected chi connectivity index (χ3v) is 6.44. The molecule has 2 heterocycles. The number of rotatable bonds is 5. The molecule has 1 amide bonds. The van der Waals surface area contributed by atoms with E-state index in [0.717, 1.165) is 0 Å². The van der Waals surface area contributed by atoms with Gasteiger partial charge in [-0.05, 0) is 54.1 Å². The number of carbonyl (C=O) groups excluding carboxylic acids is 1. The highest BCUT2D eigenvalue weighted by molar-refractivity contribution is 7.89. The van der Waals surface area contributed by atoms with Crippen LogP contribution in [0.3, 0.4) is 0 Å². The van der Waals surface area contributed by atoms with E-state index in [1.165, 1.54) is 41.0 Å². The van der Waals surface area contributed by atoms with E-state index >= 15 is 0 Å². The molecule has 0 unspecified atom stereocenters. The topological polar surface area (TPSA) is 146 Å². The molecule has 0 aliphatic carbocycles. The Kier molecular flexibility index (Phi) is 5.42. The number of sulfonamides is 1. The van der Waals surface area contributed by atoms with Gasteiger partial charge in [-0.1, -0.05) is 24.3 Å². The Hall–Kier alpha value is -4.35. The predicted molar refractivity (Wildman–Crippen MR) is 130 cm³/mol. The van der Waals surface area contributed by atoms with Crippen molar-refractivity contribution in [2.45, 2.75) is 11.4 Å². The number of benzene rings is 3. The molecule has 9 nitrogen and oxygen atoms in total. The largest absolute Gasteiger partial charge is 0.384 e. The summed E-state index contributed by atoms with van der Waals surface area (Å²) in [4.78, 5) is 22.5. The van der Waals surface area contributed by atoms with Crippen molar-refractivity contribution in [3.05, 3.63) is 89.7 Å². The van der Waals surface area contributed by atoms with Gasteiger partial charge in [0.05, 0.1) is 15.9 Å². The Labute approximate surface area is 199 Å². The van der Waals surface area contributed by atoms with E-state index in [1.54, 1.807) is 24.3 Å². The number of hydrogen-bond donors (Lipinski definition) is 3. The smallest absolute Gasteiger partial charge is 0.257 e. The second kappa shape index (κ2) is 8.46. The summed E-state index contributed by atoms with van der Waals surface area (Å²) in [6, 6.07) is 18.7. The molecule has 5 rings (SSSR count). The van der Waals surface area contributed by atoms with Gasteiger partial charge in [0.15, 0.2) is 5.65 Å². The number of nitrogens with one attached hydrogen (secondary N) is 1. The second-order valence-corrected chi connectivity index (χ2v) is 9.39. The molecule has 5 N–H and O–H groups in total. The van der Waals surface area contributed by atoms with Crippen LogP contribution < -0.4 is 16.2 Å². The highest BCUT2D eigenvalue weighted by atomic mass is 32.2. The van der Waals surface area contributed by atoms with Crippen molar-refractivity contribution >= 4 is 43.9 Å². The van der Waals surface area contributed by atoms with Crippen molar-refractivity contribution in [2.75, 3.05) is 5.73 Å². The average Bonchev–Trinajstić information content (AvgIpc) is 3.12. The summed E-state index contributed by atoms with van der Waals surface area (Å²) < 4.78 is 38.0. The molecule has 0 aliphatic rings. The molecule has 0 saturated heterocycles. The van der Waals surface area contributed by atoms with Crippen LogP contribution in [0.4, 0.5) is 10.2 Å². The summed E-state index contributed by atoms with van der Waals surface area (Å²) in [5, 5.41) is 8.00. The van der Waals surface area contributed by atoms with Gasteiger partial charge >= 0.3 is 0 Å². The molecule has 2 aromatic heterocycles. The number of nitrogen functional groups attached to an aromatic ring is 1. The minimum atomic E-state index is -3.88. The number of amides is 1. The van der Waals surface area contributed by atoms with Gasteiger partial charge in [-0.3, -0.25) is 9.36 Å². The first-order valence-corrected chi connectivity index (χ1v) is 12.0. The van der Waals surface area contributed by atoms with Gasteiger partial charge in [-0.25, -0.2) is 27.9 Å². The number of fused-ring (bicyclic) bond motifs is 2. The van der Waals surface area contributed by atoms with Gasteiger partial charge in [-0.2, -0.15) is 0 Å². The molecule has 0 radical (unpaired) electrons. The van der Waals surface area contributed by atoms with Crippen LogP contribution in [-0.2, 0) is 16.6 Å². The SMILES string of the molecule is Nc1c(C(=O)NCc2ccc(F)cc2)c2nc3ccccc3nc2n1-c1ccc(S(N)(=O)=O)cc1. The zero-order chi connectivity index (χ0) is 24.7. The zero-order valence-electron chi connectivity index (χ0n) is 18.1. The van der Waals surface area contributed by atoms with Gasteiger partial charge in [0.25, 0.3) is 5.91 Å². The van der Waals surface area contributed by atoms with Crippen molar-refractivity contribution in [1.82, 2.24) is 19.9 Å². The lowest BCUT2D eigenvalue weighted by atomic mass is 10.2. The average molecular weight is 491 g/mol. The van der Waals surface area contributed by atoms with Gasteiger partial charge in [0.2, 0.25) is 10.0 Å². The minimum Gasteiger partial charge on any atom is -0.384 e. The molecule has 3 aromatic carbocycles. The standard InChI is InChI=1S/C24H19FN6O3S/c25-15-7-5-14(6-8-15)13-28-24(32)20-21-23(30-19-4-2-1-3-18(19)29-21)31(22(20)26)16-9-11-17(12-10-16)35(27,33)34/h1-12H,13,26H2,(H,28,32)(H2,27,33,34). The molecule has 0 bridgehead atoms. The number of para-hydroxylation sites is 2. The summed E-state index contributed by atoms with van der Waals surface area (Å²) >= 11 is 0. The quantitative estimate of drug-likeness (QED) is 0.345. The Morgan fingerprint density at radius 1 is 0.943 bits per heavy atom. The third kappa shape index (κ3) is 4.18. The normalized spacial score (nSPS) is 11.7. The van der Waals surface area contributed by atoms with E-state index in [4.69, 9.17) is 10.9 Å². The lowest BCUT2D eigenvalue weighted by Gasteiger charge is -2.09. The van der Waals surface area contributed by atoms with Crippen LogP contribution in [0.2, 0.25) is 0 Å². The lowest BCUT2D eigenvalue weighted by Crippen LogP contribution is -2.24. The fourth-order valence-corrected chi connectivity index (χ4v) is 4.32. The van der Waals surface area contributed by atoms with Crippen LogP contribution in [0.5, 0.6) is 0 Å². The predicted octanol–water partition coefficient (Wildman–Crippen LogP) is 2.87. The fourth-order valence-electron chi connectivity index (χ4n) is 3.80. The molecule has 35 heavy (non-hydrogen) atoms. The van der Waals surface area contributed by atoms with Gasteiger partial charge < -0.3 is 11.1 Å². The van der Waals surface area contributed by atoms with Crippen LogP contribution in [-0.4, -0.2) is 28.9 Å². The Balaban J connectivity index is 1.64. The number of aromatic nitrogens is 3. The summed E-state index contributed by atoms with van der Waals surface area (Å²) in [6.07, 6.45) is 0. The van der Waals surface area contributed by atoms with E-state index in [9.17, 15) is 17.6 Å². The first kappa shape index (κ1) is 22.4. The van der Waals surface area contributed by atoms with E-state index < -0.39 is 15.9 Å². The molecule has 11 heteroatoms. The van der Waals surface area contributed by atoms with Crippen molar-refractivity contribution in [3.63, 3.8) is 0 Å². The molecule has 0 spiro atoms. The molecular formula is C24H19FN6O3S. The summed E-state index contributed by atoms with van der Waals surface area (Å²) in [7, 11) is -3.88. The number of nitrogens with zero attached hydrogens (tertiary/aromatic N) is 3. The molecule has 176 valence electrons. The van der Waals surface area contributed by atoms with Crippen molar-refractivity contribution in [3.8, 4) is 5.69 Å². The van der Waals surface area contributed by atoms with Gasteiger partial charge in [-0.15, -0.1) is 0 Å². The summed E-state index contributed by atoms with van der Waals surface area (Å²) in [6.45, 7) is 0.148. The van der Waals surface area contributed by atoms with Crippen molar-refractivity contribution in [2.24, 2.45) is 5.14 Å². The molecular weight excluding hydrogens is 471 g/mol. The molecule has 0 fully saturated rings. The van der Waals surface area contributed by atoms with E-state index in [1.807, 2.05) is 12.1 Å². The summed E-state index contributed by atoms with van der Waals surface area (Å²) in [5.74, 6) is -0.778. The Morgan fingerprint density at radius 3 is 2.20 bits per heavy atom. The molecule has 0 saturated carbocycles. The Morgan fingerprint density at radius 2 is 1.57 bits per heavy atom. The lowest BCUT2D eigenvalue weighted by molar-refractivity contribution is 0.0953. The van der Waals surface area contributed by atoms with Crippen LogP contribution in [0, 0.1) is 5.82 Å². The molecule has 0 aliphatic heterocycles. The minimum absolute atomic E-state index is 0.0647. The van der Waals surface area contributed by atoms with Crippen LogP contribution in [0.1, 0.15) is 15.9 Å². The first-order chi connectivity index (χ1) is 16.7. The third-order valence-electron chi connectivity index (χ3n) is 5.51. The molecule has 5 aromatic rings. The second-order valence-electron chi connectivity index (χ2n) is 7.83. The van der Waals surface area contributed by atoms with Crippen LogP contribution in [0.25, 0.3) is 27.9 Å². The van der Waals surface area contributed by atoms with E-state index in [0.29, 0.717) is 27.9 Å². The fraction of sp³-hybridized carbons (Fsp3) is 0.0417. The van der Waals surface area contributed by atoms with E-state index in [2.05, 4.69) is 15.3 Å². The highest BCUT2D eigenvalue weighted by Gasteiger charge is 2.25. The number of halogens is 1. The number of nitrogens with two attached hydrogens (primary N) is 2. The maximum atomic E-state index is 13.2. The number of carbonyl (C=O) groups is 1. The van der Waals surface area contributed by atoms with Gasteiger partial charge in [0, 0.05) is 12.2 Å². The number of hydrogen-bond acceptors (Lipinski definition) is 6. The van der Waals surface area contributed by atoms with Gasteiger partial charge in [0.1, 0.15) is 22.7 Å². The Bertz CT molecular complexity index is 1700. The first-order valence-electron chi connectivity index (χ1n) is 10.4. The maximum absolute atomic E-state index is 13.2. The molecule has 0 atom stereocenters. The van der Waals surface area contributed by atoms with Crippen LogP contribution in [0.15, 0.2) is 77.7 Å². The maximum Gasteiger partial charge on any atom is 0.257 e. The van der Waals surface area contributed by atoms with Crippen LogP contribution >= 0.6 is 0 Å².